The molecular formula is C22H31FN4O. The Bertz CT molecular complexity index is 739. The maximum Gasteiger partial charge on any atom is 0.230 e. The second kappa shape index (κ2) is 7.39. The lowest BCUT2D eigenvalue weighted by molar-refractivity contribution is -0.145. The Hall–Kier alpha value is -1.50. The molecule has 5 nitrogen and oxygen atoms in total. The zero-order valence-corrected chi connectivity index (χ0v) is 16.5. The third kappa shape index (κ3) is 3.58. The normalized spacial score (nSPS) is 33.9. The number of hydrogen-bond donors (Lipinski definition) is 2. The molecule has 5 rings (SSSR count). The van der Waals surface area contributed by atoms with Crippen molar-refractivity contribution in [3.05, 3.63) is 35.6 Å². The molecule has 1 amide bonds. The van der Waals surface area contributed by atoms with Gasteiger partial charge in [-0.2, -0.15) is 0 Å². The highest BCUT2D eigenvalue weighted by atomic mass is 19.1. The van der Waals surface area contributed by atoms with E-state index in [0.29, 0.717) is 11.8 Å². The third-order valence-electron chi connectivity index (χ3n) is 7.23. The lowest BCUT2D eigenvalue weighted by atomic mass is 9.78. The first-order valence-corrected chi connectivity index (χ1v) is 10.9. The lowest BCUT2D eigenvalue weighted by Crippen LogP contribution is -2.50. The van der Waals surface area contributed by atoms with E-state index in [1.807, 2.05) is 6.07 Å². The molecule has 0 bridgehead atoms. The molecule has 3 heterocycles. The van der Waals surface area contributed by atoms with Gasteiger partial charge in [0.2, 0.25) is 5.91 Å². The summed E-state index contributed by atoms with van der Waals surface area (Å²) < 4.78 is 13.7. The molecule has 3 saturated heterocycles. The van der Waals surface area contributed by atoms with Crippen LogP contribution in [0.25, 0.3) is 0 Å². The van der Waals surface area contributed by atoms with Crippen molar-refractivity contribution >= 4 is 5.91 Å². The van der Waals surface area contributed by atoms with Crippen molar-refractivity contribution in [3.8, 4) is 0 Å². The van der Waals surface area contributed by atoms with Gasteiger partial charge in [-0.3, -0.25) is 10.2 Å². The van der Waals surface area contributed by atoms with Crippen molar-refractivity contribution < 1.29 is 9.18 Å². The molecule has 0 aromatic heterocycles. The first-order chi connectivity index (χ1) is 13.6. The van der Waals surface area contributed by atoms with Gasteiger partial charge in [-0.25, -0.2) is 9.82 Å². The Labute approximate surface area is 166 Å². The SMILES string of the molecule is O=C1N(CC2CC2)CCCC12CCN(CC1CNNC1c1cccc(F)c1)C2. The zero-order chi connectivity index (χ0) is 19.1. The van der Waals surface area contributed by atoms with E-state index in [2.05, 4.69) is 20.7 Å². The number of nitrogens with zero attached hydrogens (tertiary/aromatic N) is 2. The molecule has 4 aliphatic rings. The third-order valence-corrected chi connectivity index (χ3v) is 7.23. The molecule has 1 saturated carbocycles. The molecule has 152 valence electrons. The number of carbonyl (C=O) groups is 1. The number of nitrogens with one attached hydrogen (secondary N) is 2. The van der Waals surface area contributed by atoms with Crippen LogP contribution >= 0.6 is 0 Å². The number of piperidine rings is 1. The predicted octanol–water partition coefficient (Wildman–Crippen LogP) is 2.32. The van der Waals surface area contributed by atoms with Crippen LogP contribution in [0, 0.1) is 23.1 Å². The maximum absolute atomic E-state index is 13.7. The summed E-state index contributed by atoms with van der Waals surface area (Å²) in [5, 5.41) is 0. The molecule has 1 aromatic rings. The Morgan fingerprint density at radius 1 is 1.18 bits per heavy atom. The van der Waals surface area contributed by atoms with E-state index < -0.39 is 0 Å². The molecule has 3 atom stereocenters. The van der Waals surface area contributed by atoms with Crippen LogP contribution in [0.4, 0.5) is 4.39 Å². The molecule has 0 radical (unpaired) electrons. The van der Waals surface area contributed by atoms with Crippen LogP contribution in [0.2, 0.25) is 0 Å². The first-order valence-electron chi connectivity index (χ1n) is 10.9. The number of hydrazine groups is 1. The van der Waals surface area contributed by atoms with Crippen LogP contribution in [-0.2, 0) is 4.79 Å². The summed E-state index contributed by atoms with van der Waals surface area (Å²) in [7, 11) is 0. The van der Waals surface area contributed by atoms with Gasteiger partial charge in [-0.05, 0) is 62.3 Å². The van der Waals surface area contributed by atoms with E-state index in [1.165, 1.54) is 18.9 Å². The minimum atomic E-state index is -0.186. The Balaban J connectivity index is 1.24. The highest BCUT2D eigenvalue weighted by Crippen LogP contribution is 2.42. The lowest BCUT2D eigenvalue weighted by Gasteiger charge is -2.39. The van der Waals surface area contributed by atoms with Gasteiger partial charge in [-0.15, -0.1) is 0 Å². The Kier molecular flexibility index (Phi) is 4.89. The Morgan fingerprint density at radius 3 is 2.89 bits per heavy atom. The second-order valence-electron chi connectivity index (χ2n) is 9.38. The van der Waals surface area contributed by atoms with E-state index in [0.717, 1.165) is 70.0 Å². The fraction of sp³-hybridized carbons (Fsp3) is 0.682. The monoisotopic (exact) mass is 386 g/mol. The fourth-order valence-corrected chi connectivity index (χ4v) is 5.52. The number of carbonyl (C=O) groups excluding carboxylic acids is 1. The van der Waals surface area contributed by atoms with Crippen LogP contribution in [0.5, 0.6) is 0 Å². The Morgan fingerprint density at radius 2 is 2.07 bits per heavy atom. The number of rotatable bonds is 5. The molecule has 28 heavy (non-hydrogen) atoms. The number of benzene rings is 1. The second-order valence-corrected chi connectivity index (χ2v) is 9.38. The van der Waals surface area contributed by atoms with Crippen LogP contribution in [-0.4, -0.2) is 55.0 Å². The van der Waals surface area contributed by atoms with Gasteiger partial charge >= 0.3 is 0 Å². The molecule has 3 unspecified atom stereocenters. The summed E-state index contributed by atoms with van der Waals surface area (Å²) in [4.78, 5) is 17.9. The standard InChI is InChI=1S/C22H31FN4O/c23-19-4-1-3-17(11-19)20-18(12-24-25-20)14-26-10-8-22(15-26)7-2-9-27(21(22)28)13-16-5-6-16/h1,3-4,11,16,18,20,24-25H,2,5-10,12-15H2. The number of likely N-dealkylation sites (tertiary alicyclic amines) is 2. The highest BCUT2D eigenvalue weighted by Gasteiger charge is 2.49. The smallest absolute Gasteiger partial charge is 0.230 e. The maximum atomic E-state index is 13.7. The predicted molar refractivity (Wildman–Crippen MR) is 106 cm³/mol. The molecule has 4 fully saturated rings. The van der Waals surface area contributed by atoms with Crippen LogP contribution in [0.1, 0.15) is 43.7 Å². The van der Waals surface area contributed by atoms with Crippen molar-refractivity contribution in [1.82, 2.24) is 20.7 Å². The summed E-state index contributed by atoms with van der Waals surface area (Å²) in [6, 6.07) is 7.01. The largest absolute Gasteiger partial charge is 0.342 e. The van der Waals surface area contributed by atoms with Crippen LogP contribution in [0.15, 0.2) is 24.3 Å². The van der Waals surface area contributed by atoms with E-state index in [1.54, 1.807) is 12.1 Å². The summed E-state index contributed by atoms with van der Waals surface area (Å²) in [5.41, 5.74) is 7.42. The zero-order valence-electron chi connectivity index (χ0n) is 16.5. The van der Waals surface area contributed by atoms with E-state index in [9.17, 15) is 9.18 Å². The summed E-state index contributed by atoms with van der Waals surface area (Å²) in [6.45, 7) is 5.63. The van der Waals surface area contributed by atoms with Gasteiger partial charge < -0.3 is 9.80 Å². The minimum Gasteiger partial charge on any atom is -0.342 e. The number of amides is 1. The van der Waals surface area contributed by atoms with E-state index in [-0.39, 0.29) is 17.3 Å². The summed E-state index contributed by atoms with van der Waals surface area (Å²) in [5.74, 6) is 1.36. The minimum absolute atomic E-state index is 0.112. The molecule has 1 spiro atoms. The average molecular weight is 387 g/mol. The van der Waals surface area contributed by atoms with Crippen molar-refractivity contribution in [1.29, 1.82) is 0 Å². The highest BCUT2D eigenvalue weighted by molar-refractivity contribution is 5.84. The van der Waals surface area contributed by atoms with Gasteiger partial charge in [-0.1, -0.05) is 12.1 Å². The van der Waals surface area contributed by atoms with Gasteiger partial charge in [0, 0.05) is 38.6 Å². The quantitative estimate of drug-likeness (QED) is 0.815. The van der Waals surface area contributed by atoms with Gasteiger partial charge in [0.05, 0.1) is 11.5 Å². The molecular weight excluding hydrogens is 355 g/mol. The summed E-state index contributed by atoms with van der Waals surface area (Å²) >= 11 is 0. The van der Waals surface area contributed by atoms with E-state index in [4.69, 9.17) is 0 Å². The van der Waals surface area contributed by atoms with Gasteiger partial charge in [0.15, 0.2) is 0 Å². The topological polar surface area (TPSA) is 47.6 Å². The first kappa shape index (κ1) is 18.5. The molecule has 1 aliphatic carbocycles. The average Bonchev–Trinajstić information content (AvgIpc) is 3.23. The van der Waals surface area contributed by atoms with Gasteiger partial charge in [0.25, 0.3) is 0 Å². The molecule has 2 N–H and O–H groups in total. The van der Waals surface area contributed by atoms with Crippen molar-refractivity contribution in [3.63, 3.8) is 0 Å². The van der Waals surface area contributed by atoms with Crippen molar-refractivity contribution in [2.45, 2.75) is 38.1 Å². The van der Waals surface area contributed by atoms with Crippen molar-refractivity contribution in [2.75, 3.05) is 39.3 Å². The van der Waals surface area contributed by atoms with Crippen molar-refractivity contribution in [2.24, 2.45) is 17.3 Å². The molecule has 3 aliphatic heterocycles. The van der Waals surface area contributed by atoms with Crippen LogP contribution < -0.4 is 10.9 Å². The fourth-order valence-electron chi connectivity index (χ4n) is 5.52. The number of halogens is 1. The summed E-state index contributed by atoms with van der Waals surface area (Å²) in [6.07, 6.45) is 5.77. The number of hydrogen-bond acceptors (Lipinski definition) is 4. The molecule has 6 heteroatoms. The molecule has 1 aromatic carbocycles. The van der Waals surface area contributed by atoms with Gasteiger partial charge in [0.1, 0.15) is 5.82 Å². The van der Waals surface area contributed by atoms with Crippen LogP contribution in [0.3, 0.4) is 0 Å². The van der Waals surface area contributed by atoms with E-state index >= 15 is 0 Å².